The van der Waals surface area contributed by atoms with Gasteiger partial charge in [-0.1, -0.05) is 30.3 Å². The molecule has 0 atom stereocenters. The fourth-order valence-electron chi connectivity index (χ4n) is 3.02. The molecule has 0 bridgehead atoms. The number of carboxylic acids is 2. The number of aromatic carboxylic acids is 2. The third kappa shape index (κ3) is 4.39. The van der Waals surface area contributed by atoms with Crippen molar-refractivity contribution in [2.75, 3.05) is 0 Å². The van der Waals surface area contributed by atoms with E-state index in [1.807, 2.05) is 6.08 Å². The lowest BCUT2D eigenvalue weighted by atomic mass is 9.86. The van der Waals surface area contributed by atoms with Crippen LogP contribution in [0.1, 0.15) is 51.1 Å². The SMILES string of the molecule is O=C1CCCC(=Cc2ccc(C(=O)O)cc2)C1=Cc1ccc(C(=O)O)cc1. The first kappa shape index (κ1) is 18.3. The topological polar surface area (TPSA) is 91.7 Å². The molecular formula is C22H18O5. The van der Waals surface area contributed by atoms with Crippen LogP contribution in [0.2, 0.25) is 0 Å². The number of hydrogen-bond acceptors (Lipinski definition) is 3. The van der Waals surface area contributed by atoms with Gasteiger partial charge in [0.2, 0.25) is 0 Å². The quantitative estimate of drug-likeness (QED) is 0.791. The minimum atomic E-state index is -0.992. The summed E-state index contributed by atoms with van der Waals surface area (Å²) >= 11 is 0. The maximum atomic E-state index is 12.4. The van der Waals surface area contributed by atoms with Crippen molar-refractivity contribution in [1.29, 1.82) is 0 Å². The Labute approximate surface area is 156 Å². The summed E-state index contributed by atoms with van der Waals surface area (Å²) in [6, 6.07) is 12.9. The van der Waals surface area contributed by atoms with Crippen LogP contribution >= 0.6 is 0 Å². The van der Waals surface area contributed by atoms with Gasteiger partial charge >= 0.3 is 11.9 Å². The Hall–Kier alpha value is -3.47. The Morgan fingerprint density at radius 2 is 1.22 bits per heavy atom. The maximum absolute atomic E-state index is 12.4. The van der Waals surface area contributed by atoms with Crippen LogP contribution in [0.4, 0.5) is 0 Å². The minimum Gasteiger partial charge on any atom is -0.478 e. The maximum Gasteiger partial charge on any atom is 0.335 e. The summed E-state index contributed by atoms with van der Waals surface area (Å²) in [4.78, 5) is 34.4. The number of ketones is 1. The molecule has 0 amide bonds. The van der Waals surface area contributed by atoms with Crippen LogP contribution in [0.3, 0.4) is 0 Å². The smallest absolute Gasteiger partial charge is 0.335 e. The fourth-order valence-corrected chi connectivity index (χ4v) is 3.02. The molecule has 1 fully saturated rings. The van der Waals surface area contributed by atoms with Crippen LogP contribution in [0.5, 0.6) is 0 Å². The van der Waals surface area contributed by atoms with E-state index in [1.165, 1.54) is 24.3 Å². The van der Waals surface area contributed by atoms with Crippen LogP contribution in [-0.2, 0) is 4.79 Å². The van der Waals surface area contributed by atoms with Gasteiger partial charge in [-0.2, -0.15) is 0 Å². The molecule has 27 heavy (non-hydrogen) atoms. The van der Waals surface area contributed by atoms with Gasteiger partial charge in [-0.3, -0.25) is 4.79 Å². The Balaban J connectivity index is 1.93. The molecule has 0 radical (unpaired) electrons. The Kier molecular flexibility index (Phi) is 5.31. The third-order valence-electron chi connectivity index (χ3n) is 4.46. The zero-order valence-corrected chi connectivity index (χ0v) is 14.5. The van der Waals surface area contributed by atoms with Gasteiger partial charge in [-0.25, -0.2) is 9.59 Å². The van der Waals surface area contributed by atoms with E-state index < -0.39 is 11.9 Å². The van der Waals surface area contributed by atoms with Crippen molar-refractivity contribution in [1.82, 2.24) is 0 Å². The lowest BCUT2D eigenvalue weighted by Gasteiger charge is -2.17. The van der Waals surface area contributed by atoms with E-state index in [0.29, 0.717) is 12.0 Å². The first-order chi connectivity index (χ1) is 12.9. The van der Waals surface area contributed by atoms with Crippen molar-refractivity contribution in [3.05, 3.63) is 81.9 Å². The molecule has 5 nitrogen and oxygen atoms in total. The van der Waals surface area contributed by atoms with Crippen molar-refractivity contribution in [2.45, 2.75) is 19.3 Å². The van der Waals surface area contributed by atoms with Gasteiger partial charge in [0.05, 0.1) is 11.1 Å². The van der Waals surface area contributed by atoms with Gasteiger partial charge in [0, 0.05) is 12.0 Å². The number of benzene rings is 2. The molecule has 1 aliphatic rings. The van der Waals surface area contributed by atoms with Gasteiger partial charge in [0.25, 0.3) is 0 Å². The lowest BCUT2D eigenvalue weighted by molar-refractivity contribution is -0.115. The van der Waals surface area contributed by atoms with E-state index in [-0.39, 0.29) is 16.9 Å². The van der Waals surface area contributed by atoms with E-state index >= 15 is 0 Å². The van der Waals surface area contributed by atoms with E-state index in [4.69, 9.17) is 10.2 Å². The largest absolute Gasteiger partial charge is 0.478 e. The monoisotopic (exact) mass is 362 g/mol. The first-order valence-electron chi connectivity index (χ1n) is 8.56. The van der Waals surface area contributed by atoms with Crippen molar-refractivity contribution < 1.29 is 24.6 Å². The van der Waals surface area contributed by atoms with Crippen LogP contribution in [0.15, 0.2) is 59.7 Å². The first-order valence-corrected chi connectivity index (χ1v) is 8.56. The molecule has 5 heteroatoms. The Morgan fingerprint density at radius 1 is 0.741 bits per heavy atom. The molecule has 2 aromatic rings. The summed E-state index contributed by atoms with van der Waals surface area (Å²) < 4.78 is 0. The normalized spacial score (nSPS) is 17.3. The predicted octanol–water partition coefficient (Wildman–Crippen LogP) is 4.30. The van der Waals surface area contributed by atoms with E-state index in [2.05, 4.69) is 0 Å². The van der Waals surface area contributed by atoms with Gasteiger partial charge in [-0.05, 0) is 59.9 Å². The fraction of sp³-hybridized carbons (Fsp3) is 0.136. The molecular weight excluding hydrogens is 344 g/mol. The molecule has 0 saturated heterocycles. The summed E-state index contributed by atoms with van der Waals surface area (Å²) in [5, 5.41) is 18.0. The highest BCUT2D eigenvalue weighted by atomic mass is 16.4. The molecule has 0 unspecified atom stereocenters. The summed E-state index contributed by atoms with van der Waals surface area (Å²) in [5.74, 6) is -1.92. The van der Waals surface area contributed by atoms with Crippen LogP contribution < -0.4 is 0 Å². The summed E-state index contributed by atoms with van der Waals surface area (Å²) in [6.45, 7) is 0. The molecule has 0 aliphatic heterocycles. The summed E-state index contributed by atoms with van der Waals surface area (Å²) in [7, 11) is 0. The molecule has 136 valence electrons. The van der Waals surface area contributed by atoms with Crippen molar-refractivity contribution in [3.8, 4) is 0 Å². The van der Waals surface area contributed by atoms with E-state index in [1.54, 1.807) is 30.3 Å². The Morgan fingerprint density at radius 3 is 1.70 bits per heavy atom. The average molecular weight is 362 g/mol. The van der Waals surface area contributed by atoms with Crippen molar-refractivity contribution in [2.24, 2.45) is 0 Å². The Bertz CT molecular complexity index is 947. The third-order valence-corrected chi connectivity index (χ3v) is 4.46. The minimum absolute atomic E-state index is 0.0527. The number of carboxylic acid groups (broad SMARTS) is 2. The number of allylic oxidation sites excluding steroid dienone is 2. The molecule has 0 heterocycles. The number of Topliss-reactive ketones (excluding diaryl/α,β-unsaturated/α-hetero) is 1. The van der Waals surface area contributed by atoms with Gasteiger partial charge in [0.1, 0.15) is 0 Å². The zero-order valence-electron chi connectivity index (χ0n) is 14.5. The summed E-state index contributed by atoms with van der Waals surface area (Å²) in [6.07, 6.45) is 5.69. The molecule has 1 aliphatic carbocycles. The molecule has 3 rings (SSSR count). The van der Waals surface area contributed by atoms with Crippen LogP contribution in [0, 0.1) is 0 Å². The number of hydrogen-bond donors (Lipinski definition) is 2. The zero-order chi connectivity index (χ0) is 19.4. The van der Waals surface area contributed by atoms with Crippen molar-refractivity contribution >= 4 is 29.9 Å². The lowest BCUT2D eigenvalue weighted by Crippen LogP contribution is -2.11. The highest BCUT2D eigenvalue weighted by molar-refractivity contribution is 6.06. The number of carbonyl (C=O) groups excluding carboxylic acids is 1. The predicted molar refractivity (Wildman–Crippen MR) is 102 cm³/mol. The van der Waals surface area contributed by atoms with Crippen LogP contribution in [0.25, 0.3) is 12.2 Å². The van der Waals surface area contributed by atoms with Gasteiger partial charge < -0.3 is 10.2 Å². The second-order valence-corrected chi connectivity index (χ2v) is 6.36. The average Bonchev–Trinajstić information content (AvgIpc) is 2.65. The van der Waals surface area contributed by atoms with Gasteiger partial charge in [-0.15, -0.1) is 0 Å². The number of rotatable bonds is 4. The molecule has 1 saturated carbocycles. The highest BCUT2D eigenvalue weighted by Crippen LogP contribution is 2.30. The second-order valence-electron chi connectivity index (χ2n) is 6.36. The number of carbonyl (C=O) groups is 3. The summed E-state index contributed by atoms with van der Waals surface area (Å²) in [5.41, 5.74) is 3.52. The standard InChI is InChI=1S/C22H18O5/c23-20-3-1-2-18(12-14-4-8-16(9-5-14)21(24)25)19(20)13-15-6-10-17(11-7-15)22(26)27/h4-13H,1-3H2,(H,24,25)(H,26,27). The molecule has 2 aromatic carbocycles. The van der Waals surface area contributed by atoms with E-state index in [0.717, 1.165) is 29.5 Å². The molecule has 0 aromatic heterocycles. The molecule has 2 N–H and O–H groups in total. The second kappa shape index (κ2) is 7.83. The van der Waals surface area contributed by atoms with E-state index in [9.17, 15) is 14.4 Å². The molecule has 0 spiro atoms. The van der Waals surface area contributed by atoms with Gasteiger partial charge in [0.15, 0.2) is 5.78 Å². The van der Waals surface area contributed by atoms with Crippen molar-refractivity contribution in [3.63, 3.8) is 0 Å². The highest BCUT2D eigenvalue weighted by Gasteiger charge is 2.20. The van der Waals surface area contributed by atoms with Crippen LogP contribution in [-0.4, -0.2) is 27.9 Å².